The van der Waals surface area contributed by atoms with Gasteiger partial charge in [0.25, 0.3) is 11.8 Å². The molecule has 0 aromatic heterocycles. The minimum Gasteiger partial charge on any atom is -0.398 e. The highest BCUT2D eigenvalue weighted by Crippen LogP contribution is 2.36. The van der Waals surface area contributed by atoms with E-state index in [0.717, 1.165) is 5.39 Å². The molecule has 0 atom stereocenters. The van der Waals surface area contributed by atoms with Crippen LogP contribution in [0.2, 0.25) is 0 Å². The van der Waals surface area contributed by atoms with E-state index in [-0.39, 0.29) is 11.8 Å². The summed E-state index contributed by atoms with van der Waals surface area (Å²) in [4.78, 5) is 27.0. The first kappa shape index (κ1) is 13.6. The van der Waals surface area contributed by atoms with Gasteiger partial charge in [0.2, 0.25) is 0 Å². The summed E-state index contributed by atoms with van der Waals surface area (Å²) in [5.41, 5.74) is 7.14. The first-order chi connectivity index (χ1) is 9.88. The molecule has 0 fully saturated rings. The van der Waals surface area contributed by atoms with E-state index < -0.39 is 5.54 Å². The number of hydrogen-bond donors (Lipinski definition) is 1. The summed E-state index contributed by atoms with van der Waals surface area (Å²) in [6.45, 7) is 5.79. The smallest absolute Gasteiger partial charge is 0.261 e. The molecule has 0 radical (unpaired) electrons. The lowest BCUT2D eigenvalue weighted by Crippen LogP contribution is -2.52. The first-order valence-corrected chi connectivity index (χ1v) is 7.08. The summed E-state index contributed by atoms with van der Waals surface area (Å²) >= 11 is 0. The SMILES string of the molecule is CCC(C)(C)N1C(=O)c2cccc3c(N)ccc(c23)C1=O. The topological polar surface area (TPSA) is 63.4 Å². The third-order valence-electron chi connectivity index (χ3n) is 4.41. The zero-order valence-electron chi connectivity index (χ0n) is 12.4. The quantitative estimate of drug-likeness (QED) is 0.679. The largest absolute Gasteiger partial charge is 0.398 e. The number of rotatable bonds is 2. The average Bonchev–Trinajstić information content (AvgIpc) is 2.46. The predicted molar refractivity (Wildman–Crippen MR) is 83.2 cm³/mol. The fraction of sp³-hybridized carbons (Fsp3) is 0.294. The lowest BCUT2D eigenvalue weighted by molar-refractivity contribution is 0.0427. The van der Waals surface area contributed by atoms with Crippen molar-refractivity contribution in [3.8, 4) is 0 Å². The Balaban J connectivity index is 2.35. The second-order valence-electron chi connectivity index (χ2n) is 6.04. The molecule has 1 aliphatic heterocycles. The molecule has 0 bridgehead atoms. The van der Waals surface area contributed by atoms with Gasteiger partial charge in [0.1, 0.15) is 0 Å². The van der Waals surface area contributed by atoms with Gasteiger partial charge in [-0.05, 0) is 38.5 Å². The molecule has 2 N–H and O–H groups in total. The van der Waals surface area contributed by atoms with Crippen LogP contribution in [0.4, 0.5) is 5.69 Å². The monoisotopic (exact) mass is 282 g/mol. The van der Waals surface area contributed by atoms with Crippen molar-refractivity contribution in [1.82, 2.24) is 4.90 Å². The molecule has 2 aromatic carbocycles. The van der Waals surface area contributed by atoms with E-state index in [1.54, 1.807) is 18.2 Å². The highest BCUT2D eigenvalue weighted by molar-refractivity contribution is 6.27. The van der Waals surface area contributed by atoms with Gasteiger partial charge >= 0.3 is 0 Å². The van der Waals surface area contributed by atoms with Crippen LogP contribution in [-0.2, 0) is 0 Å². The third-order valence-corrected chi connectivity index (χ3v) is 4.41. The maximum atomic E-state index is 12.8. The van der Waals surface area contributed by atoms with E-state index in [0.29, 0.717) is 28.6 Å². The van der Waals surface area contributed by atoms with Crippen molar-refractivity contribution in [2.24, 2.45) is 0 Å². The van der Waals surface area contributed by atoms with Crippen molar-refractivity contribution in [3.05, 3.63) is 41.5 Å². The number of nitrogens with two attached hydrogens (primary N) is 1. The zero-order chi connectivity index (χ0) is 15.4. The second kappa shape index (κ2) is 4.32. The van der Waals surface area contributed by atoms with Crippen LogP contribution in [0.25, 0.3) is 10.8 Å². The molecule has 0 spiro atoms. The molecule has 21 heavy (non-hydrogen) atoms. The molecule has 4 heteroatoms. The van der Waals surface area contributed by atoms with Crippen LogP contribution < -0.4 is 5.73 Å². The molecule has 4 nitrogen and oxygen atoms in total. The van der Waals surface area contributed by atoms with E-state index in [1.807, 2.05) is 32.9 Å². The number of imide groups is 1. The van der Waals surface area contributed by atoms with Gasteiger partial charge in [0, 0.05) is 33.1 Å². The molecule has 1 heterocycles. The predicted octanol–water partition coefficient (Wildman–Crippen LogP) is 3.21. The Hall–Kier alpha value is -2.36. The number of amides is 2. The number of hydrogen-bond acceptors (Lipinski definition) is 3. The number of nitrogens with zero attached hydrogens (tertiary/aromatic N) is 1. The van der Waals surface area contributed by atoms with Gasteiger partial charge in [0.05, 0.1) is 0 Å². The standard InChI is InChI=1S/C17H18N2O2/c1-4-17(2,3)19-15(20)11-7-5-6-10-13(18)9-8-12(14(10)11)16(19)21/h5-9H,4,18H2,1-3H3. The molecule has 108 valence electrons. The second-order valence-corrected chi connectivity index (χ2v) is 6.04. The fourth-order valence-electron chi connectivity index (χ4n) is 2.83. The van der Waals surface area contributed by atoms with Crippen molar-refractivity contribution >= 4 is 28.3 Å². The van der Waals surface area contributed by atoms with Gasteiger partial charge in [-0.2, -0.15) is 0 Å². The Kier molecular flexibility index (Phi) is 2.80. The lowest BCUT2D eigenvalue weighted by Gasteiger charge is -2.39. The van der Waals surface area contributed by atoms with Gasteiger partial charge in [-0.1, -0.05) is 19.1 Å². The van der Waals surface area contributed by atoms with Gasteiger partial charge < -0.3 is 5.73 Å². The van der Waals surface area contributed by atoms with Crippen LogP contribution in [0, 0.1) is 0 Å². The molecule has 0 unspecified atom stereocenters. The molecule has 2 aromatic rings. The molecule has 0 saturated carbocycles. The van der Waals surface area contributed by atoms with E-state index in [1.165, 1.54) is 4.90 Å². The van der Waals surface area contributed by atoms with Crippen LogP contribution in [0.3, 0.4) is 0 Å². The molecule has 3 rings (SSSR count). The number of carbonyl (C=O) groups is 2. The van der Waals surface area contributed by atoms with Gasteiger partial charge in [0.15, 0.2) is 0 Å². The van der Waals surface area contributed by atoms with E-state index >= 15 is 0 Å². The molecular weight excluding hydrogens is 264 g/mol. The third kappa shape index (κ3) is 1.75. The normalized spacial score (nSPS) is 14.9. The van der Waals surface area contributed by atoms with Gasteiger partial charge in [-0.3, -0.25) is 14.5 Å². The zero-order valence-corrected chi connectivity index (χ0v) is 12.4. The minimum atomic E-state index is -0.518. The minimum absolute atomic E-state index is 0.240. The van der Waals surface area contributed by atoms with Crippen molar-refractivity contribution in [2.45, 2.75) is 32.7 Å². The summed E-state index contributed by atoms with van der Waals surface area (Å²) in [5, 5.41) is 1.44. The van der Waals surface area contributed by atoms with Crippen molar-refractivity contribution < 1.29 is 9.59 Å². The molecule has 2 amide bonds. The van der Waals surface area contributed by atoms with Crippen LogP contribution >= 0.6 is 0 Å². The number of nitrogen functional groups attached to an aromatic ring is 1. The average molecular weight is 282 g/mol. The number of benzene rings is 2. The molecular formula is C17H18N2O2. The Labute approximate surface area is 123 Å². The van der Waals surface area contributed by atoms with Crippen LogP contribution in [0.1, 0.15) is 47.9 Å². The molecule has 0 aliphatic carbocycles. The summed E-state index contributed by atoms with van der Waals surface area (Å²) in [6, 6.07) is 8.86. The van der Waals surface area contributed by atoms with E-state index in [9.17, 15) is 9.59 Å². The molecule has 1 aliphatic rings. The Morgan fingerprint density at radius 2 is 1.67 bits per heavy atom. The van der Waals surface area contributed by atoms with Crippen LogP contribution in [0.5, 0.6) is 0 Å². The van der Waals surface area contributed by atoms with Crippen LogP contribution in [-0.4, -0.2) is 22.3 Å². The summed E-state index contributed by atoms with van der Waals surface area (Å²) in [7, 11) is 0. The maximum Gasteiger partial charge on any atom is 0.261 e. The highest BCUT2D eigenvalue weighted by atomic mass is 16.2. The van der Waals surface area contributed by atoms with E-state index in [2.05, 4.69) is 0 Å². The highest BCUT2D eigenvalue weighted by Gasteiger charge is 2.40. The summed E-state index contributed by atoms with van der Waals surface area (Å²) < 4.78 is 0. The lowest BCUT2D eigenvalue weighted by atomic mass is 9.89. The van der Waals surface area contributed by atoms with Gasteiger partial charge in [-0.15, -0.1) is 0 Å². The summed E-state index contributed by atoms with van der Waals surface area (Å²) in [5.74, 6) is -0.480. The Morgan fingerprint density at radius 3 is 2.29 bits per heavy atom. The Bertz CT molecular complexity index is 755. The maximum absolute atomic E-state index is 12.8. The van der Waals surface area contributed by atoms with Gasteiger partial charge in [-0.25, -0.2) is 0 Å². The van der Waals surface area contributed by atoms with E-state index in [4.69, 9.17) is 5.73 Å². The van der Waals surface area contributed by atoms with Crippen molar-refractivity contribution in [2.75, 3.05) is 5.73 Å². The van der Waals surface area contributed by atoms with Crippen molar-refractivity contribution in [1.29, 1.82) is 0 Å². The number of carbonyl (C=O) groups excluding carboxylic acids is 2. The molecule has 0 saturated heterocycles. The number of anilines is 1. The Morgan fingerprint density at radius 1 is 1.05 bits per heavy atom. The first-order valence-electron chi connectivity index (χ1n) is 7.08. The van der Waals surface area contributed by atoms with Crippen molar-refractivity contribution in [3.63, 3.8) is 0 Å². The fourth-order valence-corrected chi connectivity index (χ4v) is 2.83. The van der Waals surface area contributed by atoms with Crippen LogP contribution in [0.15, 0.2) is 30.3 Å². The summed E-state index contributed by atoms with van der Waals surface area (Å²) in [6.07, 6.45) is 0.699.